The van der Waals surface area contributed by atoms with E-state index in [1.54, 1.807) is 0 Å². The van der Waals surface area contributed by atoms with Crippen LogP contribution in [0.1, 0.15) is 50.5 Å². The van der Waals surface area contributed by atoms with E-state index in [9.17, 15) is 9.59 Å². The zero-order valence-corrected chi connectivity index (χ0v) is 16.7. The molecular weight excluding hydrogens is 350 g/mol. The number of benzene rings is 1. The second-order valence-electron chi connectivity index (χ2n) is 8.26. The molecule has 1 unspecified atom stereocenters. The number of nitrogens with zero attached hydrogens (tertiary/aromatic N) is 2. The van der Waals surface area contributed by atoms with Crippen molar-refractivity contribution < 1.29 is 9.59 Å². The maximum atomic E-state index is 13.2. The zero-order valence-electron chi connectivity index (χ0n) is 16.7. The summed E-state index contributed by atoms with van der Waals surface area (Å²) >= 11 is 0. The lowest BCUT2D eigenvalue weighted by atomic mass is 9.88. The van der Waals surface area contributed by atoms with E-state index in [2.05, 4.69) is 22.3 Å². The van der Waals surface area contributed by atoms with Crippen molar-refractivity contribution in [2.45, 2.75) is 57.5 Å². The minimum absolute atomic E-state index is 0.0130. The molecule has 2 heterocycles. The van der Waals surface area contributed by atoms with Crippen LogP contribution in [0.25, 0.3) is 0 Å². The maximum absolute atomic E-state index is 13.2. The Balaban J connectivity index is 1.38. The van der Waals surface area contributed by atoms with E-state index in [0.29, 0.717) is 13.1 Å². The molecule has 1 saturated heterocycles. The Morgan fingerprint density at radius 1 is 1.07 bits per heavy atom. The lowest BCUT2D eigenvalue weighted by Gasteiger charge is -2.30. The van der Waals surface area contributed by atoms with Crippen LogP contribution in [0.3, 0.4) is 0 Å². The number of amides is 2. The van der Waals surface area contributed by atoms with Crippen LogP contribution in [0.4, 0.5) is 0 Å². The summed E-state index contributed by atoms with van der Waals surface area (Å²) in [5.74, 6) is 0.0568. The fourth-order valence-corrected chi connectivity index (χ4v) is 4.88. The molecule has 1 atom stereocenters. The van der Waals surface area contributed by atoms with Gasteiger partial charge in [0, 0.05) is 25.2 Å². The van der Waals surface area contributed by atoms with E-state index >= 15 is 0 Å². The van der Waals surface area contributed by atoms with Gasteiger partial charge in [0.25, 0.3) is 5.91 Å². The molecular formula is C23H31N3O2. The molecule has 5 nitrogen and oxygen atoms in total. The van der Waals surface area contributed by atoms with Crippen LogP contribution in [0, 0.1) is 0 Å². The second kappa shape index (κ2) is 8.91. The number of hydrogen-bond acceptors (Lipinski definition) is 3. The highest BCUT2D eigenvalue weighted by molar-refractivity contribution is 6.02. The van der Waals surface area contributed by atoms with Crippen LogP contribution in [0.2, 0.25) is 0 Å². The van der Waals surface area contributed by atoms with Crippen molar-refractivity contribution in [3.8, 4) is 0 Å². The number of carbonyl (C=O) groups excluding carboxylic acids is 2. The molecule has 0 spiro atoms. The molecule has 1 aliphatic carbocycles. The van der Waals surface area contributed by atoms with E-state index < -0.39 is 0 Å². The third-order valence-electron chi connectivity index (χ3n) is 6.34. The predicted octanol–water partition coefficient (Wildman–Crippen LogP) is 2.87. The second-order valence-corrected chi connectivity index (χ2v) is 8.26. The van der Waals surface area contributed by atoms with Crippen molar-refractivity contribution >= 4 is 11.8 Å². The molecule has 3 aliphatic rings. The third-order valence-corrected chi connectivity index (χ3v) is 6.34. The highest BCUT2D eigenvalue weighted by atomic mass is 16.2. The van der Waals surface area contributed by atoms with E-state index in [4.69, 9.17) is 0 Å². The first-order chi connectivity index (χ1) is 13.7. The Morgan fingerprint density at radius 2 is 1.86 bits per heavy atom. The topological polar surface area (TPSA) is 52.7 Å². The van der Waals surface area contributed by atoms with Crippen LogP contribution in [-0.4, -0.2) is 53.8 Å². The van der Waals surface area contributed by atoms with E-state index in [0.717, 1.165) is 56.5 Å². The summed E-state index contributed by atoms with van der Waals surface area (Å²) in [6.45, 7) is 4.49. The standard InChI is InChI=1S/C23H31N3O2/c27-22(24-12-15-25-13-6-7-14-25)16-20-19-10-4-5-11-21(19)26(23(20)28)17-18-8-2-1-3-9-18/h1-3,8-9,21H,4-7,10-17H2,(H,24,27). The van der Waals surface area contributed by atoms with Gasteiger partial charge in [-0.15, -0.1) is 0 Å². The van der Waals surface area contributed by atoms with Gasteiger partial charge >= 0.3 is 0 Å². The Bertz CT molecular complexity index is 737. The van der Waals surface area contributed by atoms with Gasteiger partial charge in [0.2, 0.25) is 5.91 Å². The van der Waals surface area contributed by atoms with Crippen LogP contribution in [0.5, 0.6) is 0 Å². The molecule has 0 bridgehead atoms. The van der Waals surface area contributed by atoms with Crippen molar-refractivity contribution in [2.75, 3.05) is 26.2 Å². The number of fused-ring (bicyclic) bond motifs is 1. The van der Waals surface area contributed by atoms with Crippen molar-refractivity contribution in [3.63, 3.8) is 0 Å². The molecule has 1 N–H and O–H groups in total. The van der Waals surface area contributed by atoms with Gasteiger partial charge in [-0.25, -0.2) is 0 Å². The van der Waals surface area contributed by atoms with Gasteiger partial charge in [0.05, 0.1) is 12.5 Å². The van der Waals surface area contributed by atoms with Gasteiger partial charge in [-0.1, -0.05) is 36.8 Å². The first kappa shape index (κ1) is 19.2. The molecule has 28 heavy (non-hydrogen) atoms. The summed E-state index contributed by atoms with van der Waals surface area (Å²) < 4.78 is 0. The summed E-state index contributed by atoms with van der Waals surface area (Å²) in [6, 6.07) is 10.4. The van der Waals surface area contributed by atoms with Crippen LogP contribution in [-0.2, 0) is 16.1 Å². The minimum atomic E-state index is -0.0130. The molecule has 2 aliphatic heterocycles. The predicted molar refractivity (Wildman–Crippen MR) is 110 cm³/mol. The molecule has 0 aromatic heterocycles. The highest BCUT2D eigenvalue weighted by Gasteiger charge is 2.40. The fourth-order valence-electron chi connectivity index (χ4n) is 4.88. The number of hydrogen-bond donors (Lipinski definition) is 1. The lowest BCUT2D eigenvalue weighted by Crippen LogP contribution is -2.36. The molecule has 150 valence electrons. The Labute approximate surface area is 167 Å². The zero-order chi connectivity index (χ0) is 19.3. The van der Waals surface area contributed by atoms with Gasteiger partial charge in [-0.05, 0) is 56.3 Å². The van der Waals surface area contributed by atoms with Gasteiger partial charge < -0.3 is 15.1 Å². The van der Waals surface area contributed by atoms with Crippen LogP contribution < -0.4 is 5.32 Å². The molecule has 1 aromatic carbocycles. The Morgan fingerprint density at radius 3 is 2.64 bits per heavy atom. The van der Waals surface area contributed by atoms with Crippen LogP contribution in [0.15, 0.2) is 41.5 Å². The van der Waals surface area contributed by atoms with Crippen molar-refractivity contribution in [1.82, 2.24) is 15.1 Å². The van der Waals surface area contributed by atoms with Crippen molar-refractivity contribution in [2.24, 2.45) is 0 Å². The smallest absolute Gasteiger partial charge is 0.251 e. The van der Waals surface area contributed by atoms with Crippen molar-refractivity contribution in [3.05, 3.63) is 47.0 Å². The third kappa shape index (κ3) is 4.30. The minimum Gasteiger partial charge on any atom is -0.355 e. The molecule has 5 heteroatoms. The SMILES string of the molecule is O=C(CC1=C2CCCCC2N(Cc2ccccc2)C1=O)NCCN1CCCC1. The van der Waals surface area contributed by atoms with Crippen molar-refractivity contribution in [1.29, 1.82) is 0 Å². The average molecular weight is 382 g/mol. The molecule has 2 fully saturated rings. The largest absolute Gasteiger partial charge is 0.355 e. The maximum Gasteiger partial charge on any atom is 0.251 e. The van der Waals surface area contributed by atoms with Gasteiger partial charge in [0.15, 0.2) is 0 Å². The normalized spacial score (nSPS) is 22.6. The van der Waals surface area contributed by atoms with Crippen LogP contribution >= 0.6 is 0 Å². The number of likely N-dealkylation sites (tertiary alicyclic amines) is 1. The number of carbonyl (C=O) groups is 2. The average Bonchev–Trinajstić information content (AvgIpc) is 3.32. The molecule has 2 amide bonds. The molecule has 1 saturated carbocycles. The summed E-state index contributed by atoms with van der Waals surface area (Å²) in [6.07, 6.45) is 7.01. The Kier molecular flexibility index (Phi) is 6.10. The molecule has 4 rings (SSSR count). The molecule has 0 radical (unpaired) electrons. The Hall–Kier alpha value is -2.14. The van der Waals surface area contributed by atoms with E-state index in [-0.39, 0.29) is 24.3 Å². The van der Waals surface area contributed by atoms with Gasteiger partial charge in [0.1, 0.15) is 0 Å². The number of rotatable bonds is 7. The summed E-state index contributed by atoms with van der Waals surface area (Å²) in [7, 11) is 0. The summed E-state index contributed by atoms with van der Waals surface area (Å²) in [5.41, 5.74) is 3.14. The summed E-state index contributed by atoms with van der Waals surface area (Å²) in [4.78, 5) is 30.1. The lowest BCUT2D eigenvalue weighted by molar-refractivity contribution is -0.129. The fraction of sp³-hybridized carbons (Fsp3) is 0.565. The van der Waals surface area contributed by atoms with E-state index in [1.807, 2.05) is 23.1 Å². The van der Waals surface area contributed by atoms with Gasteiger partial charge in [-0.3, -0.25) is 9.59 Å². The number of nitrogens with one attached hydrogen (secondary N) is 1. The summed E-state index contributed by atoms with van der Waals surface area (Å²) in [5, 5.41) is 3.03. The first-order valence-corrected chi connectivity index (χ1v) is 10.8. The van der Waals surface area contributed by atoms with Gasteiger partial charge in [-0.2, -0.15) is 0 Å². The van der Waals surface area contributed by atoms with E-state index in [1.165, 1.54) is 18.4 Å². The molecule has 1 aromatic rings. The first-order valence-electron chi connectivity index (χ1n) is 10.8. The highest BCUT2D eigenvalue weighted by Crippen LogP contribution is 2.38. The quantitative estimate of drug-likeness (QED) is 0.790. The monoisotopic (exact) mass is 381 g/mol.